The number of carbonyl (C=O) groups is 3. The van der Waals surface area contributed by atoms with E-state index in [2.05, 4.69) is 34.6 Å². The quantitative estimate of drug-likeness (QED) is 0.0344. The van der Waals surface area contributed by atoms with Gasteiger partial charge in [0.1, 0.15) is 13.2 Å². The Kier molecular flexibility index (Phi) is 48.6. The highest BCUT2D eigenvalue weighted by Crippen LogP contribution is 2.18. The predicted octanol–water partition coefficient (Wildman–Crippen LogP) is 18.5. The van der Waals surface area contributed by atoms with Crippen molar-refractivity contribution >= 4 is 17.9 Å². The molecule has 0 rings (SSSR count). The van der Waals surface area contributed by atoms with Crippen molar-refractivity contribution in [2.24, 2.45) is 11.8 Å². The topological polar surface area (TPSA) is 78.9 Å². The Hall–Kier alpha value is -1.59. The van der Waals surface area contributed by atoms with Crippen molar-refractivity contribution in [1.29, 1.82) is 0 Å². The van der Waals surface area contributed by atoms with Crippen LogP contribution in [0.4, 0.5) is 0 Å². The van der Waals surface area contributed by atoms with E-state index in [4.69, 9.17) is 14.2 Å². The molecular weight excluding hydrogens is 781 g/mol. The summed E-state index contributed by atoms with van der Waals surface area (Å²) < 4.78 is 16.9. The minimum absolute atomic E-state index is 0.0635. The number of hydrogen-bond donors (Lipinski definition) is 0. The molecule has 0 aromatic heterocycles. The Balaban J connectivity index is 4.25. The van der Waals surface area contributed by atoms with Crippen LogP contribution in [-0.4, -0.2) is 37.2 Å². The van der Waals surface area contributed by atoms with E-state index in [0.717, 1.165) is 69.6 Å². The van der Waals surface area contributed by atoms with Gasteiger partial charge in [-0.2, -0.15) is 0 Å². The van der Waals surface area contributed by atoms with Gasteiger partial charge in [0.2, 0.25) is 0 Å². The fourth-order valence-corrected chi connectivity index (χ4v) is 8.66. The van der Waals surface area contributed by atoms with Gasteiger partial charge >= 0.3 is 17.9 Å². The normalized spacial score (nSPS) is 12.5. The summed E-state index contributed by atoms with van der Waals surface area (Å²) in [5.41, 5.74) is 0. The first-order valence-corrected chi connectivity index (χ1v) is 28.3. The van der Waals surface area contributed by atoms with E-state index in [1.54, 1.807) is 0 Å². The summed E-state index contributed by atoms with van der Waals surface area (Å²) >= 11 is 0. The van der Waals surface area contributed by atoms with Gasteiger partial charge in [-0.3, -0.25) is 14.4 Å². The molecule has 6 nitrogen and oxygen atoms in total. The van der Waals surface area contributed by atoms with Crippen LogP contribution in [0.2, 0.25) is 0 Å². The molecule has 0 aliphatic rings. The average Bonchev–Trinajstić information content (AvgIpc) is 3.27. The Morgan fingerprint density at radius 2 is 0.603 bits per heavy atom. The van der Waals surface area contributed by atoms with Gasteiger partial charge in [0, 0.05) is 19.3 Å². The summed E-state index contributed by atoms with van der Waals surface area (Å²) in [7, 11) is 0. The molecule has 1 unspecified atom stereocenters. The fraction of sp³-hybridized carbons (Fsp3) is 0.947. The molecule has 0 aromatic carbocycles. The molecule has 374 valence electrons. The van der Waals surface area contributed by atoms with Gasteiger partial charge in [0.15, 0.2) is 6.10 Å². The number of ether oxygens (including phenoxy) is 3. The first-order valence-electron chi connectivity index (χ1n) is 28.3. The van der Waals surface area contributed by atoms with Crippen molar-refractivity contribution in [2.45, 2.75) is 323 Å². The summed E-state index contributed by atoms with van der Waals surface area (Å²) in [6.45, 7) is 11.4. The number of hydrogen-bond acceptors (Lipinski definition) is 6. The summed E-state index contributed by atoms with van der Waals surface area (Å²) in [6, 6.07) is 0. The second-order valence-electron chi connectivity index (χ2n) is 20.3. The highest BCUT2D eigenvalue weighted by Gasteiger charge is 2.19. The number of rotatable bonds is 51. The second kappa shape index (κ2) is 49.8. The van der Waals surface area contributed by atoms with Crippen LogP contribution in [0.3, 0.4) is 0 Å². The van der Waals surface area contributed by atoms with E-state index in [1.165, 1.54) is 205 Å². The van der Waals surface area contributed by atoms with Crippen LogP contribution >= 0.6 is 0 Å². The van der Waals surface area contributed by atoms with Crippen molar-refractivity contribution in [1.82, 2.24) is 0 Å². The molecule has 0 radical (unpaired) electrons. The standard InChI is InChI=1S/C57H110O6/c1-6-8-9-10-11-12-13-14-15-16-17-22-25-28-33-39-44-49-57(60)63-54(51-62-56(59)48-43-38-34-29-30-35-40-45-52(3)4)50-61-55(58)47-42-37-32-27-24-21-19-18-20-23-26-31-36-41-46-53(5)7-2/h52-54H,6-51H2,1-5H3/t53?,54-/m0/s1. The lowest BCUT2D eigenvalue weighted by Crippen LogP contribution is -2.30. The van der Waals surface area contributed by atoms with Crippen molar-refractivity contribution in [3.05, 3.63) is 0 Å². The lowest BCUT2D eigenvalue weighted by Gasteiger charge is -2.18. The lowest BCUT2D eigenvalue weighted by atomic mass is 9.99. The van der Waals surface area contributed by atoms with Crippen LogP contribution in [-0.2, 0) is 28.6 Å². The smallest absolute Gasteiger partial charge is 0.306 e. The molecule has 0 fully saturated rings. The molecule has 0 amide bonds. The summed E-state index contributed by atoms with van der Waals surface area (Å²) in [4.78, 5) is 38.0. The lowest BCUT2D eigenvalue weighted by molar-refractivity contribution is -0.167. The zero-order chi connectivity index (χ0) is 46.1. The molecule has 0 heterocycles. The van der Waals surface area contributed by atoms with Crippen LogP contribution in [0, 0.1) is 11.8 Å². The van der Waals surface area contributed by atoms with Crippen molar-refractivity contribution in [3.63, 3.8) is 0 Å². The molecule has 2 atom stereocenters. The van der Waals surface area contributed by atoms with Crippen molar-refractivity contribution in [3.8, 4) is 0 Å². The maximum Gasteiger partial charge on any atom is 0.306 e. The van der Waals surface area contributed by atoms with E-state index in [-0.39, 0.29) is 31.1 Å². The zero-order valence-electron chi connectivity index (χ0n) is 43.2. The van der Waals surface area contributed by atoms with Crippen LogP contribution in [0.25, 0.3) is 0 Å². The Labute approximate surface area is 393 Å². The predicted molar refractivity (Wildman–Crippen MR) is 270 cm³/mol. The second-order valence-corrected chi connectivity index (χ2v) is 20.3. The molecular formula is C57H110O6. The maximum atomic E-state index is 12.8. The number of esters is 3. The minimum Gasteiger partial charge on any atom is -0.462 e. The third-order valence-electron chi connectivity index (χ3n) is 13.3. The van der Waals surface area contributed by atoms with Crippen molar-refractivity contribution in [2.75, 3.05) is 13.2 Å². The molecule has 0 saturated carbocycles. The fourth-order valence-electron chi connectivity index (χ4n) is 8.66. The van der Waals surface area contributed by atoms with E-state index in [9.17, 15) is 14.4 Å². The Morgan fingerprint density at radius 3 is 0.905 bits per heavy atom. The van der Waals surface area contributed by atoms with Gasteiger partial charge in [-0.1, -0.05) is 279 Å². The first kappa shape index (κ1) is 61.4. The van der Waals surface area contributed by atoms with Gasteiger partial charge < -0.3 is 14.2 Å². The zero-order valence-corrected chi connectivity index (χ0v) is 43.2. The minimum atomic E-state index is -0.762. The summed E-state index contributed by atoms with van der Waals surface area (Å²) in [5, 5.41) is 0. The van der Waals surface area contributed by atoms with Gasteiger partial charge in [-0.25, -0.2) is 0 Å². The number of carbonyl (C=O) groups excluding carboxylic acids is 3. The third-order valence-corrected chi connectivity index (χ3v) is 13.3. The van der Waals surface area contributed by atoms with Gasteiger partial charge in [0.05, 0.1) is 0 Å². The molecule has 63 heavy (non-hydrogen) atoms. The number of unbranched alkanes of at least 4 members (excludes halogenated alkanes) is 35. The van der Waals surface area contributed by atoms with Crippen molar-refractivity contribution < 1.29 is 28.6 Å². The monoisotopic (exact) mass is 891 g/mol. The molecule has 0 aliphatic heterocycles. The first-order chi connectivity index (χ1) is 30.8. The molecule has 0 bridgehead atoms. The average molecular weight is 892 g/mol. The molecule has 0 aromatic rings. The van der Waals surface area contributed by atoms with Crippen LogP contribution in [0.1, 0.15) is 317 Å². The van der Waals surface area contributed by atoms with Crippen LogP contribution < -0.4 is 0 Å². The maximum absolute atomic E-state index is 12.8. The Bertz CT molecular complexity index is 964. The Morgan fingerprint density at radius 1 is 0.333 bits per heavy atom. The highest BCUT2D eigenvalue weighted by atomic mass is 16.6. The SMILES string of the molecule is CCCCCCCCCCCCCCCCCCCC(=O)O[C@@H](COC(=O)CCCCCCCCCCCCCCCCC(C)CC)COC(=O)CCCCCCCCCC(C)C. The van der Waals surface area contributed by atoms with Gasteiger partial charge in [-0.15, -0.1) is 0 Å². The third kappa shape index (κ3) is 49.7. The molecule has 0 spiro atoms. The molecule has 6 heteroatoms. The van der Waals surface area contributed by atoms with Gasteiger partial charge in [-0.05, 0) is 31.1 Å². The molecule has 0 aliphatic carbocycles. The van der Waals surface area contributed by atoms with E-state index in [0.29, 0.717) is 19.3 Å². The highest BCUT2D eigenvalue weighted by molar-refractivity contribution is 5.71. The van der Waals surface area contributed by atoms with Gasteiger partial charge in [0.25, 0.3) is 0 Å². The van der Waals surface area contributed by atoms with E-state index >= 15 is 0 Å². The largest absolute Gasteiger partial charge is 0.462 e. The van der Waals surface area contributed by atoms with E-state index in [1.807, 2.05) is 0 Å². The summed E-state index contributed by atoms with van der Waals surface area (Å²) in [5.74, 6) is 0.832. The van der Waals surface area contributed by atoms with Crippen LogP contribution in [0.15, 0.2) is 0 Å². The molecule has 0 N–H and O–H groups in total. The van der Waals surface area contributed by atoms with E-state index < -0.39 is 6.10 Å². The summed E-state index contributed by atoms with van der Waals surface area (Å²) in [6.07, 6.45) is 52.4. The van der Waals surface area contributed by atoms with Crippen LogP contribution in [0.5, 0.6) is 0 Å². The molecule has 0 saturated heterocycles.